The van der Waals surface area contributed by atoms with Gasteiger partial charge in [0.1, 0.15) is 18.5 Å². The second-order valence-corrected chi connectivity index (χ2v) is 10.1. The number of ketones is 1. The van der Waals surface area contributed by atoms with Crippen molar-refractivity contribution in [1.29, 1.82) is 0 Å². The summed E-state index contributed by atoms with van der Waals surface area (Å²) >= 11 is 0. The van der Waals surface area contributed by atoms with E-state index >= 15 is 0 Å². The SMILES string of the molecule is CC(=O)CC[C@]12CC[C@H]3C[C@@]3([C@@H]1C)[C@H](OC(=O)CO)C[C@@](C)(CN)[C@@H](O)[C@@H]2C. The molecule has 0 aromatic heterocycles. The van der Waals surface area contributed by atoms with Gasteiger partial charge in [-0.2, -0.15) is 0 Å². The van der Waals surface area contributed by atoms with Crippen molar-refractivity contribution in [2.75, 3.05) is 13.2 Å². The summed E-state index contributed by atoms with van der Waals surface area (Å²) in [5, 5.41) is 20.7. The third-order valence-corrected chi connectivity index (χ3v) is 8.98. The average molecular weight is 396 g/mol. The van der Waals surface area contributed by atoms with Crippen LogP contribution in [0.15, 0.2) is 0 Å². The predicted octanol–water partition coefficient (Wildman–Crippen LogP) is 2.05. The van der Waals surface area contributed by atoms with Crippen LogP contribution in [-0.2, 0) is 14.3 Å². The molecule has 3 saturated carbocycles. The quantitative estimate of drug-likeness (QED) is 0.594. The summed E-state index contributed by atoms with van der Waals surface area (Å²) in [5.41, 5.74) is 5.24. The van der Waals surface area contributed by atoms with Crippen molar-refractivity contribution in [3.8, 4) is 0 Å². The van der Waals surface area contributed by atoms with Crippen LogP contribution in [-0.4, -0.2) is 47.3 Å². The van der Waals surface area contributed by atoms with Crippen molar-refractivity contribution in [2.45, 2.75) is 78.4 Å². The Labute approximate surface area is 168 Å². The van der Waals surface area contributed by atoms with Gasteiger partial charge in [0.2, 0.25) is 0 Å². The van der Waals surface area contributed by atoms with E-state index in [0.717, 1.165) is 25.7 Å². The highest BCUT2D eigenvalue weighted by Crippen LogP contribution is 2.75. The number of carbonyl (C=O) groups is 2. The van der Waals surface area contributed by atoms with Gasteiger partial charge in [-0.3, -0.25) is 0 Å². The first-order chi connectivity index (χ1) is 13.1. The molecule has 160 valence electrons. The highest BCUT2D eigenvalue weighted by Gasteiger charge is 2.72. The maximum absolute atomic E-state index is 12.0. The summed E-state index contributed by atoms with van der Waals surface area (Å²) in [7, 11) is 0. The van der Waals surface area contributed by atoms with Crippen LogP contribution in [0.3, 0.4) is 0 Å². The van der Waals surface area contributed by atoms with Crippen molar-refractivity contribution >= 4 is 11.8 Å². The smallest absolute Gasteiger partial charge is 0.332 e. The molecule has 3 fully saturated rings. The number of nitrogens with two attached hydrogens (primary N) is 1. The molecule has 1 spiro atoms. The lowest BCUT2D eigenvalue weighted by atomic mass is 9.48. The van der Waals surface area contributed by atoms with Gasteiger partial charge in [-0.25, -0.2) is 4.79 Å². The maximum atomic E-state index is 12.0. The van der Waals surface area contributed by atoms with Crippen molar-refractivity contribution in [3.63, 3.8) is 0 Å². The fourth-order valence-corrected chi connectivity index (χ4v) is 6.94. The average Bonchev–Trinajstić information content (AvgIpc) is 3.42. The summed E-state index contributed by atoms with van der Waals surface area (Å²) < 4.78 is 5.81. The number of esters is 1. The molecule has 0 unspecified atom stereocenters. The van der Waals surface area contributed by atoms with Gasteiger partial charge >= 0.3 is 5.97 Å². The van der Waals surface area contributed by atoms with Crippen LogP contribution in [0.2, 0.25) is 0 Å². The second kappa shape index (κ2) is 7.37. The maximum Gasteiger partial charge on any atom is 0.332 e. The number of Topliss-reactive ketones (excluding diaryl/α,β-unsaturated/α-hetero) is 1. The third kappa shape index (κ3) is 3.12. The van der Waals surface area contributed by atoms with Gasteiger partial charge in [-0.1, -0.05) is 20.8 Å². The molecule has 0 radical (unpaired) electrons. The lowest BCUT2D eigenvalue weighted by Gasteiger charge is -2.58. The first kappa shape index (κ1) is 21.7. The number of aliphatic hydroxyl groups excluding tert-OH is 2. The van der Waals surface area contributed by atoms with Gasteiger partial charge in [0.05, 0.1) is 6.10 Å². The zero-order valence-electron chi connectivity index (χ0n) is 17.7. The first-order valence-corrected chi connectivity index (χ1v) is 10.8. The van der Waals surface area contributed by atoms with Crippen LogP contribution in [0.4, 0.5) is 0 Å². The van der Waals surface area contributed by atoms with E-state index in [1.165, 1.54) is 0 Å². The lowest BCUT2D eigenvalue weighted by molar-refractivity contribution is -0.187. The van der Waals surface area contributed by atoms with E-state index in [9.17, 15) is 19.8 Å². The molecular formula is C22H37NO5. The molecule has 8 atom stereocenters. The molecule has 3 aliphatic carbocycles. The van der Waals surface area contributed by atoms with Gasteiger partial charge in [0.15, 0.2) is 0 Å². The van der Waals surface area contributed by atoms with E-state index in [1.54, 1.807) is 6.92 Å². The molecule has 0 saturated heterocycles. The molecule has 2 bridgehead atoms. The molecule has 6 nitrogen and oxygen atoms in total. The van der Waals surface area contributed by atoms with Gasteiger partial charge in [0, 0.05) is 23.8 Å². The molecule has 3 rings (SSSR count). The van der Waals surface area contributed by atoms with E-state index < -0.39 is 24.1 Å². The Morgan fingerprint density at radius 2 is 1.93 bits per heavy atom. The monoisotopic (exact) mass is 395 g/mol. The summed E-state index contributed by atoms with van der Waals surface area (Å²) in [6, 6.07) is 0. The van der Waals surface area contributed by atoms with Crippen LogP contribution in [0.25, 0.3) is 0 Å². The molecule has 0 amide bonds. The summed E-state index contributed by atoms with van der Waals surface area (Å²) in [6.07, 6.45) is 3.77. The van der Waals surface area contributed by atoms with Crippen molar-refractivity contribution in [3.05, 3.63) is 0 Å². The van der Waals surface area contributed by atoms with E-state index in [2.05, 4.69) is 13.8 Å². The fourth-order valence-electron chi connectivity index (χ4n) is 6.94. The molecule has 28 heavy (non-hydrogen) atoms. The van der Waals surface area contributed by atoms with Crippen LogP contribution in [0.1, 0.15) is 66.2 Å². The Kier molecular flexibility index (Phi) is 5.72. The topological polar surface area (TPSA) is 110 Å². The normalized spacial score (nSPS) is 47.5. The second-order valence-electron chi connectivity index (χ2n) is 10.1. The predicted molar refractivity (Wildman–Crippen MR) is 105 cm³/mol. The fraction of sp³-hybridized carbons (Fsp3) is 0.909. The zero-order valence-corrected chi connectivity index (χ0v) is 17.7. The number of fused-ring (bicyclic) bond motifs is 1. The Hall–Kier alpha value is -0.980. The Balaban J connectivity index is 2.08. The molecule has 4 N–H and O–H groups in total. The number of rotatable bonds is 6. The molecule has 6 heteroatoms. The number of hydrogen-bond acceptors (Lipinski definition) is 6. The van der Waals surface area contributed by atoms with Crippen molar-refractivity contribution < 1.29 is 24.5 Å². The molecule has 0 aromatic carbocycles. The third-order valence-electron chi connectivity index (χ3n) is 8.98. The van der Waals surface area contributed by atoms with E-state index in [-0.39, 0.29) is 34.6 Å². The van der Waals surface area contributed by atoms with Crippen molar-refractivity contribution in [2.24, 2.45) is 39.7 Å². The largest absolute Gasteiger partial charge is 0.460 e. The van der Waals surface area contributed by atoms with Crippen molar-refractivity contribution in [1.82, 2.24) is 0 Å². The standard InChI is InChI=1S/C22H37NO5/c1-13(25)5-7-21-8-6-16-9-22(16,15(21)3)17(28-18(26)11-24)10-20(4,12-23)19(27)14(21)2/h14-17,19,24,27H,5-12,23H2,1-4H3/t14-,15+,16-,17+,19-,20-,21+,22-/m0/s1. The zero-order chi connectivity index (χ0) is 20.9. The van der Waals surface area contributed by atoms with Crippen LogP contribution in [0, 0.1) is 34.0 Å². The minimum Gasteiger partial charge on any atom is -0.460 e. The summed E-state index contributed by atoms with van der Waals surface area (Å²) in [4.78, 5) is 23.9. The first-order valence-electron chi connectivity index (χ1n) is 10.8. The van der Waals surface area contributed by atoms with Crippen LogP contribution >= 0.6 is 0 Å². The van der Waals surface area contributed by atoms with Gasteiger partial charge in [-0.05, 0) is 62.2 Å². The van der Waals surface area contributed by atoms with Gasteiger partial charge in [-0.15, -0.1) is 0 Å². The molecule has 0 aromatic rings. The minimum atomic E-state index is -0.644. The molecule has 3 aliphatic rings. The van der Waals surface area contributed by atoms with Crippen LogP contribution < -0.4 is 5.73 Å². The van der Waals surface area contributed by atoms with E-state index in [0.29, 0.717) is 25.3 Å². The molecule has 0 heterocycles. The number of ether oxygens (including phenoxy) is 1. The lowest BCUT2D eigenvalue weighted by Crippen LogP contribution is -2.59. The van der Waals surface area contributed by atoms with Crippen LogP contribution in [0.5, 0.6) is 0 Å². The highest BCUT2D eigenvalue weighted by atomic mass is 16.6. The van der Waals surface area contributed by atoms with E-state index in [1.807, 2.05) is 6.92 Å². The minimum absolute atomic E-state index is 0.00307. The Bertz CT molecular complexity index is 638. The van der Waals surface area contributed by atoms with Gasteiger partial charge < -0.3 is 25.5 Å². The van der Waals surface area contributed by atoms with Gasteiger partial charge in [0.25, 0.3) is 0 Å². The summed E-state index contributed by atoms with van der Waals surface area (Å²) in [5.74, 6) is 0.278. The Morgan fingerprint density at radius 1 is 1.25 bits per heavy atom. The number of aliphatic hydroxyl groups is 2. The molecule has 0 aliphatic heterocycles. The molecular weight excluding hydrogens is 358 g/mol. The van der Waals surface area contributed by atoms with E-state index in [4.69, 9.17) is 10.5 Å². The Morgan fingerprint density at radius 3 is 2.50 bits per heavy atom. The number of carbonyl (C=O) groups excluding carboxylic acids is 2. The number of hydrogen-bond donors (Lipinski definition) is 3. The summed E-state index contributed by atoms with van der Waals surface area (Å²) in [6.45, 7) is 7.61. The highest BCUT2D eigenvalue weighted by molar-refractivity contribution is 5.75.